The van der Waals surface area contributed by atoms with Crippen LogP contribution >= 0.6 is 0 Å². The quantitative estimate of drug-likeness (QED) is 0.640. The fourth-order valence-corrected chi connectivity index (χ4v) is 1.94. The monoisotopic (exact) mass is 234 g/mol. The number of carbonyl (C=O) groups excluding carboxylic acids is 1. The molecule has 0 bridgehead atoms. The van der Waals surface area contributed by atoms with E-state index in [9.17, 15) is 4.79 Å². The minimum absolute atomic E-state index is 0.0487. The summed E-state index contributed by atoms with van der Waals surface area (Å²) in [4.78, 5) is 20.6. The third-order valence-corrected chi connectivity index (χ3v) is 2.80. The number of carbonyl (C=O) groups is 1. The highest BCUT2D eigenvalue weighted by Crippen LogP contribution is 2.18. The number of hydrogen-bond donors (Lipinski definition) is 0. The van der Waals surface area contributed by atoms with Crippen LogP contribution in [-0.2, 0) is 0 Å². The van der Waals surface area contributed by atoms with E-state index < -0.39 is 0 Å². The average Bonchev–Trinajstić information content (AvgIpc) is 2.47. The Hall–Kier alpha value is -2.55. The van der Waals surface area contributed by atoms with Gasteiger partial charge in [0.25, 0.3) is 0 Å². The van der Waals surface area contributed by atoms with Crippen LogP contribution in [0.25, 0.3) is 10.9 Å². The molecule has 0 saturated carbocycles. The van der Waals surface area contributed by atoms with Gasteiger partial charge in [0, 0.05) is 35.1 Å². The van der Waals surface area contributed by atoms with Gasteiger partial charge < -0.3 is 0 Å². The van der Waals surface area contributed by atoms with Gasteiger partial charge in [0.2, 0.25) is 0 Å². The van der Waals surface area contributed by atoms with Crippen LogP contribution in [0.4, 0.5) is 0 Å². The van der Waals surface area contributed by atoms with Gasteiger partial charge in [-0.25, -0.2) is 0 Å². The Kier molecular flexibility index (Phi) is 2.57. The van der Waals surface area contributed by atoms with Crippen molar-refractivity contribution in [1.29, 1.82) is 0 Å². The van der Waals surface area contributed by atoms with Crippen LogP contribution in [0.2, 0.25) is 0 Å². The number of ketones is 1. The van der Waals surface area contributed by atoms with Crippen LogP contribution in [0.5, 0.6) is 0 Å². The Morgan fingerprint density at radius 1 is 0.944 bits per heavy atom. The number of benzene rings is 1. The van der Waals surface area contributed by atoms with E-state index in [1.54, 1.807) is 36.8 Å². The lowest BCUT2D eigenvalue weighted by molar-refractivity contribution is 0.104. The number of fused-ring (bicyclic) bond motifs is 1. The molecule has 2 heterocycles. The molecule has 0 aliphatic heterocycles. The molecule has 0 aliphatic carbocycles. The van der Waals surface area contributed by atoms with Crippen molar-refractivity contribution in [2.75, 3.05) is 0 Å². The van der Waals surface area contributed by atoms with Crippen LogP contribution in [0.1, 0.15) is 15.9 Å². The van der Waals surface area contributed by atoms with Crippen LogP contribution < -0.4 is 0 Å². The van der Waals surface area contributed by atoms with E-state index in [0.717, 1.165) is 10.9 Å². The fraction of sp³-hybridized carbons (Fsp3) is 0. The molecule has 2 aromatic heterocycles. The lowest BCUT2D eigenvalue weighted by Gasteiger charge is -2.04. The van der Waals surface area contributed by atoms with Gasteiger partial charge in [-0.3, -0.25) is 14.8 Å². The minimum atomic E-state index is -0.0487. The highest BCUT2D eigenvalue weighted by Gasteiger charge is 2.12. The maximum Gasteiger partial charge on any atom is 0.196 e. The number of pyridine rings is 2. The zero-order valence-corrected chi connectivity index (χ0v) is 9.58. The summed E-state index contributed by atoms with van der Waals surface area (Å²) in [5, 5.41) is 0.965. The standard InChI is InChI=1S/C15H10N2O/c18-15(12-6-2-8-16-10-12)13-7-1-4-11-5-3-9-17-14(11)13/h1-10H. The van der Waals surface area contributed by atoms with Crippen molar-refractivity contribution in [3.63, 3.8) is 0 Å². The van der Waals surface area contributed by atoms with E-state index in [4.69, 9.17) is 0 Å². The van der Waals surface area contributed by atoms with Crippen molar-refractivity contribution in [3.05, 3.63) is 72.2 Å². The lowest BCUT2D eigenvalue weighted by atomic mass is 10.0. The summed E-state index contributed by atoms with van der Waals surface area (Å²) in [6.45, 7) is 0. The normalized spacial score (nSPS) is 10.4. The summed E-state index contributed by atoms with van der Waals surface area (Å²) in [5.74, 6) is -0.0487. The molecule has 3 rings (SSSR count). The van der Waals surface area contributed by atoms with E-state index in [1.165, 1.54) is 0 Å². The lowest BCUT2D eigenvalue weighted by Crippen LogP contribution is -2.03. The first-order chi connectivity index (χ1) is 8.86. The van der Waals surface area contributed by atoms with Gasteiger partial charge in [0.05, 0.1) is 5.52 Å². The first-order valence-corrected chi connectivity index (χ1v) is 5.65. The minimum Gasteiger partial charge on any atom is -0.288 e. The Balaban J connectivity index is 2.18. The van der Waals surface area contributed by atoms with Crippen LogP contribution in [-0.4, -0.2) is 15.8 Å². The van der Waals surface area contributed by atoms with Gasteiger partial charge in [0.1, 0.15) is 0 Å². The first kappa shape index (κ1) is 10.6. The van der Waals surface area contributed by atoms with Gasteiger partial charge >= 0.3 is 0 Å². The van der Waals surface area contributed by atoms with Gasteiger partial charge in [-0.2, -0.15) is 0 Å². The van der Waals surface area contributed by atoms with Gasteiger partial charge in [-0.15, -0.1) is 0 Å². The molecule has 3 heteroatoms. The highest BCUT2D eigenvalue weighted by molar-refractivity contribution is 6.15. The zero-order valence-electron chi connectivity index (χ0n) is 9.58. The van der Waals surface area contributed by atoms with E-state index in [-0.39, 0.29) is 5.78 Å². The summed E-state index contributed by atoms with van der Waals surface area (Å²) >= 11 is 0. The molecular formula is C15H10N2O. The number of aromatic nitrogens is 2. The van der Waals surface area contributed by atoms with Crippen molar-refractivity contribution in [2.24, 2.45) is 0 Å². The Bertz CT molecular complexity index is 703. The van der Waals surface area contributed by atoms with Gasteiger partial charge in [-0.05, 0) is 24.3 Å². The second kappa shape index (κ2) is 4.37. The number of rotatable bonds is 2. The largest absolute Gasteiger partial charge is 0.288 e. The third-order valence-electron chi connectivity index (χ3n) is 2.80. The second-order valence-corrected chi connectivity index (χ2v) is 3.95. The van der Waals surface area contributed by atoms with Crippen molar-refractivity contribution in [1.82, 2.24) is 9.97 Å². The molecule has 86 valence electrons. The van der Waals surface area contributed by atoms with Gasteiger partial charge in [-0.1, -0.05) is 18.2 Å². The van der Waals surface area contributed by atoms with Crippen LogP contribution in [0.3, 0.4) is 0 Å². The Labute approximate surface area is 104 Å². The SMILES string of the molecule is O=C(c1cccnc1)c1cccc2cccnc12. The maximum absolute atomic E-state index is 12.4. The number of para-hydroxylation sites is 1. The molecule has 0 radical (unpaired) electrons. The molecule has 0 N–H and O–H groups in total. The maximum atomic E-state index is 12.4. The molecule has 3 aromatic rings. The topological polar surface area (TPSA) is 42.9 Å². The van der Waals surface area contributed by atoms with Crippen molar-refractivity contribution < 1.29 is 4.79 Å². The smallest absolute Gasteiger partial charge is 0.196 e. The average molecular weight is 234 g/mol. The third kappa shape index (κ3) is 1.76. The van der Waals surface area contributed by atoms with Crippen molar-refractivity contribution in [3.8, 4) is 0 Å². The van der Waals surface area contributed by atoms with Crippen LogP contribution in [0.15, 0.2) is 61.1 Å². The molecule has 0 saturated heterocycles. The highest BCUT2D eigenvalue weighted by atomic mass is 16.1. The summed E-state index contributed by atoms with van der Waals surface area (Å²) in [5.41, 5.74) is 1.92. The molecule has 3 nitrogen and oxygen atoms in total. The first-order valence-electron chi connectivity index (χ1n) is 5.65. The fourth-order valence-electron chi connectivity index (χ4n) is 1.94. The molecule has 18 heavy (non-hydrogen) atoms. The molecule has 1 aromatic carbocycles. The van der Waals surface area contributed by atoms with Gasteiger partial charge in [0.15, 0.2) is 5.78 Å². The van der Waals surface area contributed by atoms with Crippen molar-refractivity contribution in [2.45, 2.75) is 0 Å². The predicted octanol–water partition coefficient (Wildman–Crippen LogP) is 2.86. The Morgan fingerprint density at radius 2 is 1.78 bits per heavy atom. The number of nitrogens with zero attached hydrogens (tertiary/aromatic N) is 2. The van der Waals surface area contributed by atoms with E-state index in [1.807, 2.05) is 24.3 Å². The second-order valence-electron chi connectivity index (χ2n) is 3.95. The zero-order chi connectivity index (χ0) is 12.4. The molecular weight excluding hydrogens is 224 g/mol. The number of hydrogen-bond acceptors (Lipinski definition) is 3. The molecule has 0 spiro atoms. The molecule has 0 unspecified atom stereocenters. The summed E-state index contributed by atoms with van der Waals surface area (Å²) in [6, 6.07) is 12.9. The molecule has 0 atom stereocenters. The van der Waals surface area contributed by atoms with Crippen molar-refractivity contribution >= 4 is 16.7 Å². The van der Waals surface area contributed by atoms with E-state index >= 15 is 0 Å². The van der Waals surface area contributed by atoms with E-state index in [0.29, 0.717) is 11.1 Å². The predicted molar refractivity (Wildman–Crippen MR) is 69.4 cm³/mol. The summed E-state index contributed by atoms with van der Waals surface area (Å²) < 4.78 is 0. The Morgan fingerprint density at radius 3 is 2.61 bits per heavy atom. The molecule has 0 fully saturated rings. The molecule has 0 aliphatic rings. The van der Waals surface area contributed by atoms with E-state index in [2.05, 4.69) is 9.97 Å². The molecule has 0 amide bonds. The summed E-state index contributed by atoms with van der Waals surface area (Å²) in [7, 11) is 0. The van der Waals surface area contributed by atoms with Crippen LogP contribution in [0, 0.1) is 0 Å². The summed E-state index contributed by atoms with van der Waals surface area (Å²) in [6.07, 6.45) is 4.92.